The van der Waals surface area contributed by atoms with E-state index in [0.29, 0.717) is 29.8 Å². The van der Waals surface area contributed by atoms with Gasteiger partial charge < -0.3 is 4.74 Å². The summed E-state index contributed by atoms with van der Waals surface area (Å²) in [5, 5.41) is 18.6. The summed E-state index contributed by atoms with van der Waals surface area (Å²) in [6.45, 7) is 1.95. The molecule has 0 aliphatic carbocycles. The molecule has 0 aliphatic heterocycles. The first-order valence-corrected chi connectivity index (χ1v) is 6.35. The molecule has 0 bridgehead atoms. The molecule has 0 fully saturated rings. The molecule has 1 aromatic carbocycles. The zero-order valence-electron chi connectivity index (χ0n) is 11.6. The van der Waals surface area contributed by atoms with Gasteiger partial charge in [0.2, 0.25) is 0 Å². The van der Waals surface area contributed by atoms with E-state index < -0.39 is 4.92 Å². The van der Waals surface area contributed by atoms with Gasteiger partial charge in [-0.2, -0.15) is 0 Å². The van der Waals surface area contributed by atoms with Crippen molar-refractivity contribution in [2.24, 2.45) is 0 Å². The number of benzene rings is 1. The van der Waals surface area contributed by atoms with Crippen LogP contribution in [0.1, 0.15) is 29.5 Å². The van der Waals surface area contributed by atoms with E-state index in [9.17, 15) is 14.9 Å². The molecule has 0 radical (unpaired) electrons. The molecule has 0 atom stereocenters. The van der Waals surface area contributed by atoms with E-state index in [1.165, 1.54) is 30.0 Å². The lowest BCUT2D eigenvalue weighted by atomic mass is 10.2. The summed E-state index contributed by atoms with van der Waals surface area (Å²) in [5.41, 5.74) is 1.13. The molecule has 0 aliphatic rings. The summed E-state index contributed by atoms with van der Waals surface area (Å²) in [5.74, 6) is 0.417. The number of hydrogen-bond acceptors (Lipinski definition) is 6. The van der Waals surface area contributed by atoms with Crippen molar-refractivity contribution < 1.29 is 14.5 Å². The fourth-order valence-corrected chi connectivity index (χ4v) is 2.03. The minimum Gasteiger partial charge on any atom is -0.494 e. The van der Waals surface area contributed by atoms with E-state index in [4.69, 9.17) is 4.74 Å². The van der Waals surface area contributed by atoms with Crippen LogP contribution in [0.4, 0.5) is 5.69 Å². The van der Waals surface area contributed by atoms with Crippen LogP contribution in [0.25, 0.3) is 5.69 Å². The van der Waals surface area contributed by atoms with Crippen LogP contribution in [0, 0.1) is 10.1 Å². The number of non-ortho nitro benzene ring substituents is 1. The Morgan fingerprint density at radius 2 is 2.24 bits per heavy atom. The number of carbonyl (C=O) groups is 1. The van der Waals surface area contributed by atoms with Gasteiger partial charge in [-0.3, -0.25) is 14.9 Å². The Kier molecular flexibility index (Phi) is 4.27. The van der Waals surface area contributed by atoms with E-state index in [0.717, 1.165) is 6.42 Å². The molecule has 8 heteroatoms. The van der Waals surface area contributed by atoms with Crippen LogP contribution in [0.15, 0.2) is 18.2 Å². The van der Waals surface area contributed by atoms with Crippen molar-refractivity contribution in [3.8, 4) is 11.4 Å². The van der Waals surface area contributed by atoms with Gasteiger partial charge in [0.05, 0.1) is 17.7 Å². The van der Waals surface area contributed by atoms with E-state index in [1.807, 2.05) is 6.92 Å². The van der Waals surface area contributed by atoms with Gasteiger partial charge in [-0.05, 0) is 12.5 Å². The quantitative estimate of drug-likeness (QED) is 0.458. The Balaban J connectivity index is 2.64. The summed E-state index contributed by atoms with van der Waals surface area (Å²) in [6, 6.07) is 4.19. The number of nitro benzene ring substituents is 1. The second-order valence-corrected chi connectivity index (χ2v) is 4.31. The maximum absolute atomic E-state index is 11.0. The van der Waals surface area contributed by atoms with Gasteiger partial charge >= 0.3 is 0 Å². The highest BCUT2D eigenvalue weighted by Gasteiger charge is 2.19. The fraction of sp³-hybridized carbons (Fsp3) is 0.308. The third-order valence-electron chi connectivity index (χ3n) is 2.99. The fourth-order valence-electron chi connectivity index (χ4n) is 2.03. The summed E-state index contributed by atoms with van der Waals surface area (Å²) in [4.78, 5) is 21.4. The minimum absolute atomic E-state index is 0.0867. The van der Waals surface area contributed by atoms with Gasteiger partial charge in [-0.1, -0.05) is 18.6 Å². The van der Waals surface area contributed by atoms with Gasteiger partial charge in [0, 0.05) is 12.1 Å². The third-order valence-corrected chi connectivity index (χ3v) is 2.99. The lowest BCUT2D eigenvalue weighted by Crippen LogP contribution is -2.06. The van der Waals surface area contributed by atoms with Crippen molar-refractivity contribution in [1.29, 1.82) is 0 Å². The molecule has 2 aromatic rings. The zero-order chi connectivity index (χ0) is 15.4. The zero-order valence-corrected chi connectivity index (χ0v) is 11.6. The van der Waals surface area contributed by atoms with Crippen LogP contribution in [-0.4, -0.2) is 33.3 Å². The van der Waals surface area contributed by atoms with Crippen LogP contribution in [0.5, 0.6) is 5.75 Å². The van der Waals surface area contributed by atoms with Gasteiger partial charge in [0.25, 0.3) is 5.69 Å². The minimum atomic E-state index is -0.500. The normalized spacial score (nSPS) is 10.4. The number of ether oxygens (including phenoxy) is 1. The van der Waals surface area contributed by atoms with Crippen molar-refractivity contribution in [1.82, 2.24) is 15.0 Å². The number of carbonyl (C=O) groups excluding carboxylic acids is 1. The average Bonchev–Trinajstić information content (AvgIpc) is 2.89. The van der Waals surface area contributed by atoms with Crippen molar-refractivity contribution in [2.45, 2.75) is 19.8 Å². The predicted octanol–water partition coefficient (Wildman–Crippen LogP) is 1.95. The van der Waals surface area contributed by atoms with Crippen LogP contribution in [0.3, 0.4) is 0 Å². The summed E-state index contributed by atoms with van der Waals surface area (Å²) in [7, 11) is 1.46. The highest BCUT2D eigenvalue weighted by Crippen LogP contribution is 2.28. The topological polar surface area (TPSA) is 100 Å². The molecule has 0 amide bonds. The average molecular weight is 290 g/mol. The Morgan fingerprint density at radius 3 is 2.81 bits per heavy atom. The molecule has 8 nitrogen and oxygen atoms in total. The molecule has 2 rings (SSSR count). The summed E-state index contributed by atoms with van der Waals surface area (Å²) >= 11 is 0. The lowest BCUT2D eigenvalue weighted by molar-refractivity contribution is -0.384. The van der Waals surface area contributed by atoms with E-state index in [1.54, 1.807) is 0 Å². The van der Waals surface area contributed by atoms with Gasteiger partial charge in [0.15, 0.2) is 6.29 Å². The molecule has 0 saturated carbocycles. The first-order chi connectivity index (χ1) is 10.1. The first-order valence-electron chi connectivity index (χ1n) is 6.35. The van der Waals surface area contributed by atoms with Gasteiger partial charge in [-0.15, -0.1) is 5.10 Å². The smallest absolute Gasteiger partial charge is 0.271 e. The molecule has 1 aromatic heterocycles. The SMILES string of the molecule is CCCc1c(C=O)nnn1-c1cc([N+](=O)[O-])ccc1OC. The lowest BCUT2D eigenvalue weighted by Gasteiger charge is -2.10. The van der Waals surface area contributed by atoms with Gasteiger partial charge in [0.1, 0.15) is 17.1 Å². The molecular formula is C13H14N4O4. The Morgan fingerprint density at radius 1 is 1.48 bits per heavy atom. The number of rotatable bonds is 6. The van der Waals surface area contributed by atoms with Crippen LogP contribution in [0.2, 0.25) is 0 Å². The van der Waals surface area contributed by atoms with Crippen molar-refractivity contribution in [3.63, 3.8) is 0 Å². The Labute approximate surface area is 120 Å². The number of hydrogen-bond donors (Lipinski definition) is 0. The molecule has 0 spiro atoms. The maximum Gasteiger partial charge on any atom is 0.271 e. The number of aromatic nitrogens is 3. The standard InChI is InChI=1S/C13H14N4O4/c1-3-4-11-10(8-18)14-15-16(11)12-7-9(17(19)20)5-6-13(12)21-2/h5-8H,3-4H2,1-2H3. The largest absolute Gasteiger partial charge is 0.494 e. The van der Waals surface area contributed by atoms with E-state index in [2.05, 4.69) is 10.3 Å². The molecule has 110 valence electrons. The molecule has 21 heavy (non-hydrogen) atoms. The first kappa shape index (κ1) is 14.6. The second kappa shape index (κ2) is 6.12. The molecule has 0 saturated heterocycles. The highest BCUT2D eigenvalue weighted by atomic mass is 16.6. The van der Waals surface area contributed by atoms with Crippen LogP contribution in [-0.2, 0) is 6.42 Å². The third kappa shape index (κ3) is 2.73. The number of methoxy groups -OCH3 is 1. The van der Waals surface area contributed by atoms with Crippen LogP contribution >= 0.6 is 0 Å². The van der Waals surface area contributed by atoms with E-state index in [-0.39, 0.29) is 11.4 Å². The van der Waals surface area contributed by atoms with Gasteiger partial charge in [-0.25, -0.2) is 4.68 Å². The molecule has 0 unspecified atom stereocenters. The molecule has 0 N–H and O–H groups in total. The van der Waals surface area contributed by atoms with Crippen molar-refractivity contribution in [2.75, 3.05) is 7.11 Å². The highest BCUT2D eigenvalue weighted by molar-refractivity contribution is 5.73. The predicted molar refractivity (Wildman–Crippen MR) is 73.9 cm³/mol. The van der Waals surface area contributed by atoms with Crippen molar-refractivity contribution >= 4 is 12.0 Å². The Bertz CT molecular complexity index is 681. The summed E-state index contributed by atoms with van der Waals surface area (Å²) < 4.78 is 6.63. The number of nitro groups is 1. The number of nitrogens with zero attached hydrogens (tertiary/aromatic N) is 4. The molecular weight excluding hydrogens is 276 g/mol. The Hall–Kier alpha value is -2.77. The molecule has 1 heterocycles. The van der Waals surface area contributed by atoms with E-state index >= 15 is 0 Å². The van der Waals surface area contributed by atoms with Crippen LogP contribution < -0.4 is 4.74 Å². The van der Waals surface area contributed by atoms with Crippen molar-refractivity contribution in [3.05, 3.63) is 39.7 Å². The monoisotopic (exact) mass is 290 g/mol. The number of aldehydes is 1. The summed E-state index contributed by atoms with van der Waals surface area (Å²) in [6.07, 6.45) is 1.98. The maximum atomic E-state index is 11.0. The second-order valence-electron chi connectivity index (χ2n) is 4.31.